The molecule has 0 aromatic heterocycles. The molecule has 4 unspecified atom stereocenters. The topological polar surface area (TPSA) is 9.23 Å². The van der Waals surface area contributed by atoms with Gasteiger partial charge in [-0.2, -0.15) is 0 Å². The molecule has 1 aliphatic heterocycles. The summed E-state index contributed by atoms with van der Waals surface area (Å²) in [6.45, 7) is 0. The lowest BCUT2D eigenvalue weighted by atomic mass is 9.59. The molecule has 1 heterocycles. The van der Waals surface area contributed by atoms with Gasteiger partial charge in [-0.05, 0) is 41.2 Å². The maximum Gasteiger partial charge on any atom is 0.124 e. The summed E-state index contributed by atoms with van der Waals surface area (Å²) in [6, 6.07) is 21.8. The van der Waals surface area contributed by atoms with E-state index in [1.807, 2.05) is 0 Å². The third-order valence-corrected chi connectivity index (χ3v) is 6.57. The van der Waals surface area contributed by atoms with E-state index < -0.39 is 0 Å². The monoisotopic (exact) mass is 274 g/mol. The lowest BCUT2D eigenvalue weighted by Gasteiger charge is -2.60. The molecule has 4 atom stereocenters. The van der Waals surface area contributed by atoms with E-state index in [9.17, 15) is 0 Å². The Balaban J connectivity index is 1.53. The Morgan fingerprint density at radius 2 is 1.33 bits per heavy atom. The summed E-state index contributed by atoms with van der Waals surface area (Å²) in [4.78, 5) is 0. The van der Waals surface area contributed by atoms with Crippen LogP contribution in [0.4, 0.5) is 0 Å². The van der Waals surface area contributed by atoms with E-state index in [1.165, 1.54) is 17.5 Å². The maximum atomic E-state index is 6.62. The molecular weight excluding hydrogens is 256 g/mol. The van der Waals surface area contributed by atoms with Gasteiger partial charge in [0, 0.05) is 5.92 Å². The molecule has 1 saturated heterocycles. The van der Waals surface area contributed by atoms with Crippen molar-refractivity contribution < 1.29 is 4.74 Å². The first-order chi connectivity index (χ1) is 10.4. The normalized spacial score (nSPS) is 43.2. The highest BCUT2D eigenvalue weighted by Crippen LogP contribution is 2.85. The molecule has 104 valence electrons. The van der Waals surface area contributed by atoms with Crippen LogP contribution in [0.5, 0.6) is 0 Å². The molecule has 1 nitrogen and oxygen atoms in total. The van der Waals surface area contributed by atoms with Gasteiger partial charge in [0.05, 0.1) is 6.10 Å². The number of benzene rings is 2. The quantitative estimate of drug-likeness (QED) is 0.808. The number of hydrogen-bond donors (Lipinski definition) is 0. The molecule has 2 aromatic rings. The van der Waals surface area contributed by atoms with Crippen molar-refractivity contribution in [2.75, 3.05) is 0 Å². The first kappa shape index (κ1) is 11.0. The van der Waals surface area contributed by atoms with Gasteiger partial charge in [-0.25, -0.2) is 0 Å². The summed E-state index contributed by atoms with van der Waals surface area (Å²) >= 11 is 0. The summed E-state index contributed by atoms with van der Waals surface area (Å²) in [6.07, 6.45) is 1.83. The number of rotatable bonds is 2. The van der Waals surface area contributed by atoms with Gasteiger partial charge in [-0.1, -0.05) is 60.7 Å². The molecule has 0 N–H and O–H groups in total. The van der Waals surface area contributed by atoms with Crippen LogP contribution < -0.4 is 0 Å². The largest absolute Gasteiger partial charge is 0.361 e. The summed E-state index contributed by atoms with van der Waals surface area (Å²) in [5.74, 6) is 4.80. The molecule has 7 rings (SSSR count). The van der Waals surface area contributed by atoms with Crippen LogP contribution in [0.15, 0.2) is 60.7 Å². The lowest BCUT2D eigenvalue weighted by Crippen LogP contribution is -2.62. The second-order valence-electron chi connectivity index (χ2n) is 7.28. The smallest absolute Gasteiger partial charge is 0.124 e. The summed E-state index contributed by atoms with van der Waals surface area (Å²) in [5, 5.41) is 0. The van der Waals surface area contributed by atoms with Gasteiger partial charge in [0.1, 0.15) is 5.60 Å². The van der Waals surface area contributed by atoms with Gasteiger partial charge in [-0.15, -0.1) is 0 Å². The minimum Gasteiger partial charge on any atom is -0.361 e. The molecule has 2 bridgehead atoms. The Bertz CT molecular complexity index is 656. The van der Waals surface area contributed by atoms with Crippen LogP contribution in [-0.2, 0) is 10.3 Å². The summed E-state index contributed by atoms with van der Waals surface area (Å²) in [7, 11) is 0. The molecule has 4 saturated carbocycles. The molecule has 21 heavy (non-hydrogen) atoms. The molecule has 5 fully saturated rings. The van der Waals surface area contributed by atoms with E-state index in [4.69, 9.17) is 4.74 Å². The van der Waals surface area contributed by atoms with Crippen LogP contribution in [0.2, 0.25) is 0 Å². The van der Waals surface area contributed by atoms with Gasteiger partial charge < -0.3 is 4.74 Å². The van der Waals surface area contributed by atoms with Crippen molar-refractivity contribution in [1.29, 1.82) is 0 Å². The Morgan fingerprint density at radius 1 is 0.762 bits per heavy atom. The van der Waals surface area contributed by atoms with Crippen molar-refractivity contribution in [1.82, 2.24) is 0 Å². The second kappa shape index (κ2) is 3.41. The Morgan fingerprint density at radius 3 is 1.90 bits per heavy atom. The fraction of sp³-hybridized carbons (Fsp3) is 0.400. The van der Waals surface area contributed by atoms with Gasteiger partial charge in [0.2, 0.25) is 0 Å². The van der Waals surface area contributed by atoms with Gasteiger partial charge in [-0.3, -0.25) is 0 Å². The molecule has 5 aliphatic rings. The molecular formula is C20H18O. The third kappa shape index (κ3) is 1.16. The van der Waals surface area contributed by atoms with E-state index in [2.05, 4.69) is 60.7 Å². The van der Waals surface area contributed by atoms with E-state index in [-0.39, 0.29) is 5.60 Å². The van der Waals surface area contributed by atoms with Gasteiger partial charge in [0.25, 0.3) is 0 Å². The minimum absolute atomic E-state index is 0.170. The van der Waals surface area contributed by atoms with Crippen molar-refractivity contribution in [2.24, 2.45) is 29.6 Å². The van der Waals surface area contributed by atoms with Crippen molar-refractivity contribution in [2.45, 2.75) is 18.1 Å². The Labute approximate surface area is 124 Å². The number of hydrogen-bond acceptors (Lipinski definition) is 1. The zero-order valence-corrected chi connectivity index (χ0v) is 11.9. The predicted octanol–water partition coefficient (Wildman–Crippen LogP) is 3.84. The predicted molar refractivity (Wildman–Crippen MR) is 80.6 cm³/mol. The highest BCUT2D eigenvalue weighted by atomic mass is 16.5. The highest BCUT2D eigenvalue weighted by molar-refractivity contribution is 5.45. The van der Waals surface area contributed by atoms with E-state index in [1.54, 1.807) is 0 Å². The minimum atomic E-state index is -0.170. The Kier molecular flexibility index (Phi) is 1.79. The van der Waals surface area contributed by atoms with Crippen LogP contribution in [0, 0.1) is 29.6 Å². The Hall–Kier alpha value is -1.60. The average Bonchev–Trinajstić information content (AvgIpc) is 3.42. The molecule has 1 heteroatoms. The van der Waals surface area contributed by atoms with E-state index in [0.29, 0.717) is 12.0 Å². The first-order valence-corrected chi connectivity index (χ1v) is 8.20. The fourth-order valence-corrected chi connectivity index (χ4v) is 5.65. The lowest BCUT2D eigenvalue weighted by molar-refractivity contribution is -0.279. The molecule has 0 amide bonds. The van der Waals surface area contributed by atoms with E-state index in [0.717, 1.165) is 23.7 Å². The van der Waals surface area contributed by atoms with Crippen molar-refractivity contribution in [3.05, 3.63) is 71.8 Å². The van der Waals surface area contributed by atoms with Crippen molar-refractivity contribution in [3.63, 3.8) is 0 Å². The van der Waals surface area contributed by atoms with Crippen LogP contribution in [0.3, 0.4) is 0 Å². The molecule has 4 aliphatic carbocycles. The van der Waals surface area contributed by atoms with Crippen LogP contribution in [0.25, 0.3) is 0 Å². The van der Waals surface area contributed by atoms with Crippen molar-refractivity contribution in [3.8, 4) is 0 Å². The van der Waals surface area contributed by atoms with Crippen LogP contribution >= 0.6 is 0 Å². The summed E-state index contributed by atoms with van der Waals surface area (Å²) < 4.78 is 6.62. The van der Waals surface area contributed by atoms with Gasteiger partial charge >= 0.3 is 0 Å². The summed E-state index contributed by atoms with van der Waals surface area (Å²) in [5.41, 5.74) is 2.53. The molecule has 2 aromatic carbocycles. The highest BCUT2D eigenvalue weighted by Gasteiger charge is 2.84. The van der Waals surface area contributed by atoms with Crippen LogP contribution in [0.1, 0.15) is 17.5 Å². The van der Waals surface area contributed by atoms with E-state index >= 15 is 0 Å². The number of ether oxygens (including phenoxy) is 1. The zero-order chi connectivity index (χ0) is 13.6. The molecule has 0 radical (unpaired) electrons. The molecule has 0 spiro atoms. The fourth-order valence-electron chi connectivity index (χ4n) is 5.65. The third-order valence-electron chi connectivity index (χ3n) is 6.57. The van der Waals surface area contributed by atoms with Crippen molar-refractivity contribution >= 4 is 0 Å². The van der Waals surface area contributed by atoms with Crippen LogP contribution in [-0.4, -0.2) is 6.10 Å². The second-order valence-corrected chi connectivity index (χ2v) is 7.28. The maximum absolute atomic E-state index is 6.62. The standard InChI is InChI=1S/C20H18O/c1-3-7-12(8-4-1)20(13-9-5-2-6-10-13)19-15(21-20)11-14-16-17(14)18(16)19/h1-10,14-19H,11H2. The van der Waals surface area contributed by atoms with Gasteiger partial charge in [0.15, 0.2) is 0 Å². The first-order valence-electron chi connectivity index (χ1n) is 8.20. The SMILES string of the molecule is c1ccc(C2(c3ccccc3)OC3CC4C5C4C5C32)cc1. The average molecular weight is 274 g/mol. The zero-order valence-electron chi connectivity index (χ0n) is 11.9.